The molecule has 1 aromatic rings. The lowest BCUT2D eigenvalue weighted by Gasteiger charge is -2.37. The highest BCUT2D eigenvalue weighted by atomic mass is 35.5. The van der Waals surface area contributed by atoms with E-state index in [-0.39, 0.29) is 0 Å². The van der Waals surface area contributed by atoms with Crippen LogP contribution in [0.15, 0.2) is 12.4 Å². The van der Waals surface area contributed by atoms with Gasteiger partial charge in [0.1, 0.15) is 0 Å². The van der Waals surface area contributed by atoms with Gasteiger partial charge in [-0.1, -0.05) is 0 Å². The summed E-state index contributed by atoms with van der Waals surface area (Å²) in [6.45, 7) is 0.814. The third-order valence-electron chi connectivity index (χ3n) is 2.94. The summed E-state index contributed by atoms with van der Waals surface area (Å²) in [6.07, 6.45) is 7.11. The highest BCUT2D eigenvalue weighted by Gasteiger charge is 2.25. The van der Waals surface area contributed by atoms with E-state index in [1.54, 1.807) is 19.5 Å². The van der Waals surface area contributed by atoms with E-state index in [4.69, 9.17) is 16.3 Å². The molecule has 1 aromatic heterocycles. The zero-order valence-electron chi connectivity index (χ0n) is 9.40. The molecule has 16 heavy (non-hydrogen) atoms. The molecule has 0 spiro atoms. The number of methoxy groups -OCH3 is 1. The van der Waals surface area contributed by atoms with E-state index in [9.17, 15) is 0 Å². The molecule has 1 aliphatic carbocycles. The maximum Gasteiger partial charge on any atom is 0.233 e. The highest BCUT2D eigenvalue weighted by Crippen LogP contribution is 2.28. The van der Waals surface area contributed by atoms with E-state index in [1.165, 1.54) is 19.3 Å². The summed E-state index contributed by atoms with van der Waals surface area (Å²) in [6, 6.07) is 0.570. The minimum absolute atomic E-state index is 0.552. The Balaban J connectivity index is 2.16. The largest absolute Gasteiger partial charge is 0.480 e. The Kier molecular flexibility index (Phi) is 3.83. The number of alkyl halides is 1. The summed E-state index contributed by atoms with van der Waals surface area (Å²) in [4.78, 5) is 10.8. The Morgan fingerprint density at radius 3 is 2.88 bits per heavy atom. The van der Waals surface area contributed by atoms with Gasteiger partial charge in [0.15, 0.2) is 5.82 Å². The molecule has 1 heterocycles. The first-order valence-electron chi connectivity index (χ1n) is 5.54. The van der Waals surface area contributed by atoms with Crippen LogP contribution in [0, 0.1) is 0 Å². The van der Waals surface area contributed by atoms with Crippen molar-refractivity contribution in [3.05, 3.63) is 12.4 Å². The standard InChI is InChI=1S/C11H16ClN3O/c1-16-11-8-13-7-10(14-11)15(6-5-12)9-3-2-4-9/h7-9H,2-6H2,1H3. The monoisotopic (exact) mass is 241 g/mol. The number of hydrogen-bond acceptors (Lipinski definition) is 4. The summed E-state index contributed by atoms with van der Waals surface area (Å²) in [7, 11) is 1.60. The Bertz CT molecular complexity index is 344. The van der Waals surface area contributed by atoms with E-state index in [0.717, 1.165) is 12.4 Å². The minimum Gasteiger partial charge on any atom is -0.480 e. The van der Waals surface area contributed by atoms with Crippen molar-refractivity contribution in [3.63, 3.8) is 0 Å². The molecule has 4 nitrogen and oxygen atoms in total. The van der Waals surface area contributed by atoms with Gasteiger partial charge in [-0.2, -0.15) is 4.98 Å². The maximum absolute atomic E-state index is 5.82. The molecule has 2 rings (SSSR count). The van der Waals surface area contributed by atoms with Crippen molar-refractivity contribution in [3.8, 4) is 5.88 Å². The summed E-state index contributed by atoms with van der Waals surface area (Å²) in [5.41, 5.74) is 0. The first kappa shape index (κ1) is 11.5. The highest BCUT2D eigenvalue weighted by molar-refractivity contribution is 6.18. The van der Waals surface area contributed by atoms with Crippen LogP contribution < -0.4 is 9.64 Å². The van der Waals surface area contributed by atoms with Gasteiger partial charge in [0.2, 0.25) is 5.88 Å². The minimum atomic E-state index is 0.552. The number of rotatable bonds is 5. The molecule has 0 aliphatic heterocycles. The zero-order chi connectivity index (χ0) is 11.4. The maximum atomic E-state index is 5.82. The topological polar surface area (TPSA) is 38.2 Å². The Morgan fingerprint density at radius 1 is 1.50 bits per heavy atom. The molecular formula is C11H16ClN3O. The zero-order valence-corrected chi connectivity index (χ0v) is 10.2. The lowest BCUT2D eigenvalue weighted by atomic mass is 9.91. The van der Waals surface area contributed by atoms with Crippen LogP contribution in [0.5, 0.6) is 5.88 Å². The molecule has 5 heteroatoms. The summed E-state index contributed by atoms with van der Waals surface area (Å²) in [5, 5.41) is 0. The molecule has 0 N–H and O–H groups in total. The van der Waals surface area contributed by atoms with Gasteiger partial charge in [-0.3, -0.25) is 4.98 Å². The van der Waals surface area contributed by atoms with Crippen LogP contribution in [0.1, 0.15) is 19.3 Å². The van der Waals surface area contributed by atoms with Gasteiger partial charge in [-0.15, -0.1) is 11.6 Å². The fourth-order valence-corrected chi connectivity index (χ4v) is 2.03. The Labute approximate surface area is 101 Å². The normalized spacial score (nSPS) is 15.6. The fourth-order valence-electron chi connectivity index (χ4n) is 1.85. The van der Waals surface area contributed by atoms with Gasteiger partial charge in [0.25, 0.3) is 0 Å². The molecule has 0 aromatic carbocycles. The van der Waals surface area contributed by atoms with Crippen molar-refractivity contribution < 1.29 is 4.74 Å². The van der Waals surface area contributed by atoms with Crippen LogP contribution in [0.3, 0.4) is 0 Å². The molecule has 0 bridgehead atoms. The van der Waals surface area contributed by atoms with Gasteiger partial charge >= 0.3 is 0 Å². The lowest BCUT2D eigenvalue weighted by Crippen LogP contribution is -2.42. The molecule has 1 saturated carbocycles. The van der Waals surface area contributed by atoms with Crippen LogP contribution in [0.4, 0.5) is 5.82 Å². The van der Waals surface area contributed by atoms with Crippen molar-refractivity contribution in [2.45, 2.75) is 25.3 Å². The van der Waals surface area contributed by atoms with Gasteiger partial charge in [0, 0.05) is 18.5 Å². The first-order valence-corrected chi connectivity index (χ1v) is 6.07. The number of nitrogens with zero attached hydrogens (tertiary/aromatic N) is 3. The van der Waals surface area contributed by atoms with E-state index in [2.05, 4.69) is 14.9 Å². The van der Waals surface area contributed by atoms with Crippen LogP contribution in [-0.4, -0.2) is 35.5 Å². The van der Waals surface area contributed by atoms with Crippen molar-refractivity contribution in [2.24, 2.45) is 0 Å². The Morgan fingerprint density at radius 2 is 2.31 bits per heavy atom. The summed E-state index contributed by atoms with van der Waals surface area (Å²) < 4.78 is 5.08. The number of hydrogen-bond donors (Lipinski definition) is 0. The molecule has 1 fully saturated rings. The smallest absolute Gasteiger partial charge is 0.233 e. The predicted octanol–water partition coefficient (Wildman–Crippen LogP) is 2.08. The van der Waals surface area contributed by atoms with Crippen LogP contribution in [-0.2, 0) is 0 Å². The number of ether oxygens (including phenoxy) is 1. The van der Waals surface area contributed by atoms with Gasteiger partial charge < -0.3 is 9.64 Å². The van der Waals surface area contributed by atoms with Gasteiger partial charge in [0.05, 0.1) is 19.5 Å². The van der Waals surface area contributed by atoms with Crippen LogP contribution in [0.2, 0.25) is 0 Å². The number of halogens is 1. The lowest BCUT2D eigenvalue weighted by molar-refractivity contribution is 0.379. The van der Waals surface area contributed by atoms with Crippen molar-refractivity contribution in [1.29, 1.82) is 0 Å². The number of anilines is 1. The quantitative estimate of drug-likeness (QED) is 0.740. The second-order valence-corrected chi connectivity index (χ2v) is 4.26. The van der Waals surface area contributed by atoms with Gasteiger partial charge in [-0.25, -0.2) is 0 Å². The fraction of sp³-hybridized carbons (Fsp3) is 0.636. The SMILES string of the molecule is COc1cncc(N(CCCl)C2CCC2)n1. The molecule has 1 aliphatic rings. The van der Waals surface area contributed by atoms with E-state index in [0.29, 0.717) is 17.8 Å². The van der Waals surface area contributed by atoms with E-state index >= 15 is 0 Å². The van der Waals surface area contributed by atoms with E-state index in [1.807, 2.05) is 0 Å². The molecule has 0 amide bonds. The molecule has 0 unspecified atom stereocenters. The third kappa shape index (κ3) is 2.38. The third-order valence-corrected chi connectivity index (χ3v) is 3.11. The van der Waals surface area contributed by atoms with Gasteiger partial charge in [-0.05, 0) is 19.3 Å². The van der Waals surface area contributed by atoms with Crippen molar-refractivity contribution in [2.75, 3.05) is 24.4 Å². The predicted molar refractivity (Wildman–Crippen MR) is 64.3 cm³/mol. The Hall–Kier alpha value is -1.03. The number of aromatic nitrogens is 2. The first-order chi connectivity index (χ1) is 7.85. The molecule has 0 atom stereocenters. The summed E-state index contributed by atoms with van der Waals surface area (Å²) >= 11 is 5.82. The van der Waals surface area contributed by atoms with Crippen molar-refractivity contribution in [1.82, 2.24) is 9.97 Å². The van der Waals surface area contributed by atoms with Crippen molar-refractivity contribution >= 4 is 17.4 Å². The second kappa shape index (κ2) is 5.34. The average Bonchev–Trinajstić information content (AvgIpc) is 2.26. The van der Waals surface area contributed by atoms with E-state index < -0.39 is 0 Å². The summed E-state index contributed by atoms with van der Waals surface area (Å²) in [5.74, 6) is 2.02. The van der Waals surface area contributed by atoms with Crippen LogP contribution in [0.25, 0.3) is 0 Å². The molecule has 88 valence electrons. The molecule has 0 saturated heterocycles. The second-order valence-electron chi connectivity index (χ2n) is 3.89. The molecular weight excluding hydrogens is 226 g/mol. The average molecular weight is 242 g/mol. The molecule has 0 radical (unpaired) electrons. The van der Waals surface area contributed by atoms with Crippen LogP contribution >= 0.6 is 11.6 Å².